The van der Waals surface area contributed by atoms with Gasteiger partial charge in [0.2, 0.25) is 0 Å². The van der Waals surface area contributed by atoms with Crippen LogP contribution >= 0.6 is 0 Å². The normalized spacial score (nSPS) is 16.2. The lowest BCUT2D eigenvalue weighted by Crippen LogP contribution is -2.19. The van der Waals surface area contributed by atoms with Crippen LogP contribution in [0.3, 0.4) is 0 Å². The van der Waals surface area contributed by atoms with Crippen molar-refractivity contribution in [3.05, 3.63) is 33.9 Å². The molecule has 1 fully saturated rings. The summed E-state index contributed by atoms with van der Waals surface area (Å²) in [6, 6.07) is 4.32. The molecule has 1 saturated carbocycles. The van der Waals surface area contributed by atoms with E-state index in [0.29, 0.717) is 12.0 Å². The molecule has 1 aliphatic carbocycles. The smallest absolute Gasteiger partial charge is 0.280 e. The molecule has 0 heterocycles. The Morgan fingerprint density at radius 2 is 2.00 bits per heavy atom. The van der Waals surface area contributed by atoms with E-state index in [1.807, 2.05) is 0 Å². The van der Waals surface area contributed by atoms with Gasteiger partial charge < -0.3 is 4.74 Å². The van der Waals surface area contributed by atoms with Gasteiger partial charge >= 0.3 is 0 Å². The Kier molecular flexibility index (Phi) is 3.92. The highest BCUT2D eigenvalue weighted by molar-refractivity contribution is 5.82. The van der Waals surface area contributed by atoms with E-state index in [2.05, 4.69) is 0 Å². The molecule has 0 aliphatic heterocycles. The average molecular weight is 249 g/mol. The molecule has 0 atom stereocenters. The number of ether oxygens (including phenoxy) is 1. The van der Waals surface area contributed by atoms with Crippen molar-refractivity contribution >= 4 is 12.0 Å². The zero-order valence-electron chi connectivity index (χ0n) is 10.0. The van der Waals surface area contributed by atoms with Crippen LogP contribution in [0.1, 0.15) is 42.5 Å². The molecule has 5 heteroatoms. The number of nitro benzene ring substituents is 1. The molecule has 96 valence electrons. The van der Waals surface area contributed by atoms with E-state index in [4.69, 9.17) is 4.74 Å². The number of nitrogens with zero attached hydrogens (tertiary/aromatic N) is 1. The van der Waals surface area contributed by atoms with Crippen LogP contribution in [0, 0.1) is 10.1 Å². The highest BCUT2D eigenvalue weighted by atomic mass is 16.6. The van der Waals surface area contributed by atoms with Gasteiger partial charge in [-0.25, -0.2) is 0 Å². The highest BCUT2D eigenvalue weighted by Gasteiger charge is 2.18. The summed E-state index contributed by atoms with van der Waals surface area (Å²) in [5, 5.41) is 10.7. The van der Waals surface area contributed by atoms with Crippen molar-refractivity contribution in [3.8, 4) is 5.75 Å². The van der Waals surface area contributed by atoms with E-state index >= 15 is 0 Å². The van der Waals surface area contributed by atoms with E-state index in [1.165, 1.54) is 18.6 Å². The number of rotatable bonds is 4. The summed E-state index contributed by atoms with van der Waals surface area (Å²) in [5.41, 5.74) is -0.116. The SMILES string of the molecule is O=Cc1cc(OC2CCCCC2)ccc1[N+](=O)[O-]. The molecular formula is C13H15NO4. The van der Waals surface area contributed by atoms with Crippen LogP contribution in [0.2, 0.25) is 0 Å². The first-order valence-electron chi connectivity index (χ1n) is 6.11. The molecule has 5 nitrogen and oxygen atoms in total. The van der Waals surface area contributed by atoms with Crippen LogP contribution in [0.15, 0.2) is 18.2 Å². The Balaban J connectivity index is 2.13. The van der Waals surface area contributed by atoms with Crippen molar-refractivity contribution < 1.29 is 14.5 Å². The van der Waals surface area contributed by atoms with Crippen molar-refractivity contribution in [2.75, 3.05) is 0 Å². The Morgan fingerprint density at radius 1 is 1.28 bits per heavy atom. The molecule has 2 rings (SSSR count). The number of benzene rings is 1. The molecule has 18 heavy (non-hydrogen) atoms. The summed E-state index contributed by atoms with van der Waals surface area (Å²) >= 11 is 0. The monoisotopic (exact) mass is 249 g/mol. The Hall–Kier alpha value is -1.91. The topological polar surface area (TPSA) is 69.4 Å². The lowest BCUT2D eigenvalue weighted by molar-refractivity contribution is -0.385. The molecule has 0 radical (unpaired) electrons. The maximum absolute atomic E-state index is 10.8. The van der Waals surface area contributed by atoms with Gasteiger partial charge in [-0.15, -0.1) is 0 Å². The number of hydrogen-bond acceptors (Lipinski definition) is 4. The summed E-state index contributed by atoms with van der Waals surface area (Å²) in [6.07, 6.45) is 6.21. The minimum Gasteiger partial charge on any atom is -0.490 e. The lowest BCUT2D eigenvalue weighted by Gasteiger charge is -2.23. The fourth-order valence-corrected chi connectivity index (χ4v) is 2.24. The highest BCUT2D eigenvalue weighted by Crippen LogP contribution is 2.27. The number of carbonyl (C=O) groups excluding carboxylic acids is 1. The maximum atomic E-state index is 10.8. The molecule has 0 unspecified atom stereocenters. The van der Waals surface area contributed by atoms with E-state index in [9.17, 15) is 14.9 Å². The standard InChI is InChI=1S/C13H15NO4/c15-9-10-8-12(6-7-13(10)14(16)17)18-11-4-2-1-3-5-11/h6-9,11H,1-5H2. The van der Waals surface area contributed by atoms with Crippen molar-refractivity contribution in [1.82, 2.24) is 0 Å². The largest absolute Gasteiger partial charge is 0.490 e. The second-order valence-corrected chi connectivity index (χ2v) is 4.47. The van der Waals surface area contributed by atoms with E-state index < -0.39 is 4.92 Å². The summed E-state index contributed by atoms with van der Waals surface area (Å²) in [6.45, 7) is 0. The molecule has 0 aromatic heterocycles. The quantitative estimate of drug-likeness (QED) is 0.467. The fraction of sp³-hybridized carbons (Fsp3) is 0.462. The second kappa shape index (κ2) is 5.62. The van der Waals surface area contributed by atoms with Crippen molar-refractivity contribution in [2.24, 2.45) is 0 Å². The first-order chi connectivity index (χ1) is 8.70. The van der Waals surface area contributed by atoms with Gasteiger partial charge in [0.05, 0.1) is 16.6 Å². The second-order valence-electron chi connectivity index (χ2n) is 4.47. The Labute approximate surface area is 105 Å². The van der Waals surface area contributed by atoms with Crippen LogP contribution in [-0.4, -0.2) is 17.3 Å². The summed E-state index contributed by atoms with van der Waals surface area (Å²) in [4.78, 5) is 20.9. The maximum Gasteiger partial charge on any atom is 0.280 e. The number of aldehydes is 1. The van der Waals surface area contributed by atoms with Gasteiger partial charge in [0.1, 0.15) is 5.75 Å². The molecular weight excluding hydrogens is 234 g/mol. The average Bonchev–Trinajstić information content (AvgIpc) is 2.39. The van der Waals surface area contributed by atoms with Gasteiger partial charge in [-0.3, -0.25) is 14.9 Å². The van der Waals surface area contributed by atoms with Crippen molar-refractivity contribution in [1.29, 1.82) is 0 Å². The molecule has 0 bridgehead atoms. The molecule has 0 saturated heterocycles. The third-order valence-corrected chi connectivity index (χ3v) is 3.18. The first kappa shape index (κ1) is 12.5. The van der Waals surface area contributed by atoms with Crippen molar-refractivity contribution in [3.63, 3.8) is 0 Å². The molecule has 0 amide bonds. The molecule has 0 N–H and O–H groups in total. The zero-order valence-corrected chi connectivity index (χ0v) is 10.0. The lowest BCUT2D eigenvalue weighted by atomic mass is 9.98. The van der Waals surface area contributed by atoms with Gasteiger partial charge in [0.25, 0.3) is 5.69 Å². The van der Waals surface area contributed by atoms with Crippen LogP contribution in [0.4, 0.5) is 5.69 Å². The van der Waals surface area contributed by atoms with Gasteiger partial charge in [-0.2, -0.15) is 0 Å². The summed E-state index contributed by atoms with van der Waals surface area (Å²) in [5.74, 6) is 0.537. The Bertz CT molecular complexity index is 452. The van der Waals surface area contributed by atoms with E-state index in [0.717, 1.165) is 25.7 Å². The number of nitro groups is 1. The first-order valence-corrected chi connectivity index (χ1v) is 6.11. The van der Waals surface area contributed by atoms with E-state index in [1.54, 1.807) is 6.07 Å². The van der Waals surface area contributed by atoms with Crippen LogP contribution < -0.4 is 4.74 Å². The molecule has 1 aromatic carbocycles. The predicted molar refractivity (Wildman–Crippen MR) is 66.0 cm³/mol. The molecule has 1 aromatic rings. The predicted octanol–water partition coefficient (Wildman–Crippen LogP) is 3.12. The van der Waals surface area contributed by atoms with Crippen molar-refractivity contribution in [2.45, 2.75) is 38.2 Å². The van der Waals surface area contributed by atoms with Gasteiger partial charge in [-0.1, -0.05) is 6.42 Å². The Morgan fingerprint density at radius 3 is 2.61 bits per heavy atom. The van der Waals surface area contributed by atoms with Gasteiger partial charge in [-0.05, 0) is 37.8 Å². The number of carbonyl (C=O) groups is 1. The van der Waals surface area contributed by atoms with Gasteiger partial charge in [0, 0.05) is 6.07 Å². The summed E-state index contributed by atoms with van der Waals surface area (Å²) in [7, 11) is 0. The zero-order chi connectivity index (χ0) is 13.0. The third kappa shape index (κ3) is 2.85. The minimum atomic E-state index is -0.561. The molecule has 0 spiro atoms. The van der Waals surface area contributed by atoms with Crippen LogP contribution in [0.5, 0.6) is 5.75 Å². The minimum absolute atomic E-state index is 0.0632. The van der Waals surface area contributed by atoms with Crippen LogP contribution in [0.25, 0.3) is 0 Å². The van der Waals surface area contributed by atoms with E-state index in [-0.39, 0.29) is 17.4 Å². The molecule has 1 aliphatic rings. The van der Waals surface area contributed by atoms with Gasteiger partial charge in [0.15, 0.2) is 6.29 Å². The fourth-order valence-electron chi connectivity index (χ4n) is 2.24. The third-order valence-electron chi connectivity index (χ3n) is 3.18. The summed E-state index contributed by atoms with van der Waals surface area (Å²) < 4.78 is 5.75. The van der Waals surface area contributed by atoms with Crippen LogP contribution in [-0.2, 0) is 0 Å². The number of hydrogen-bond donors (Lipinski definition) is 0.